The molecule has 0 bridgehead atoms. The van der Waals surface area contributed by atoms with Crippen molar-refractivity contribution < 1.29 is 13.2 Å². The number of hydrogen-bond acceptors (Lipinski definition) is 5. The summed E-state index contributed by atoms with van der Waals surface area (Å²) in [6.45, 7) is 11.4. The average Bonchev–Trinajstić information content (AvgIpc) is 3.14. The van der Waals surface area contributed by atoms with Crippen molar-refractivity contribution in [2.45, 2.75) is 44.9 Å². The van der Waals surface area contributed by atoms with Gasteiger partial charge >= 0.3 is 0 Å². The summed E-state index contributed by atoms with van der Waals surface area (Å²) in [5.74, 6) is -0.139. The number of amides is 1. The Hall–Kier alpha value is -1.77. The number of thiazole rings is 1. The van der Waals surface area contributed by atoms with Crippen molar-refractivity contribution in [1.82, 2.24) is 14.2 Å². The van der Waals surface area contributed by atoms with Crippen molar-refractivity contribution >= 4 is 27.3 Å². The van der Waals surface area contributed by atoms with Crippen LogP contribution in [0.5, 0.6) is 0 Å². The molecule has 0 N–H and O–H groups in total. The number of carbonyl (C=O) groups is 1. The summed E-state index contributed by atoms with van der Waals surface area (Å²) < 4.78 is 28.1. The highest BCUT2D eigenvalue weighted by Gasteiger charge is 2.33. The quantitative estimate of drug-likeness (QED) is 0.763. The van der Waals surface area contributed by atoms with Crippen LogP contribution < -0.4 is 0 Å². The van der Waals surface area contributed by atoms with Crippen LogP contribution in [0.1, 0.15) is 48.0 Å². The van der Waals surface area contributed by atoms with Crippen LogP contribution in [0.4, 0.5) is 0 Å². The molecule has 0 radical (unpaired) electrons. The predicted octanol–water partition coefficient (Wildman–Crippen LogP) is 3.20. The first-order valence-corrected chi connectivity index (χ1v) is 11.7. The van der Waals surface area contributed by atoms with Crippen LogP contribution in [0.25, 0.3) is 0 Å². The standard InChI is InChI=1S/C20H27N3O3S2/c1-14-10-16(20(3,4)5)11-15(2)18(14)28(25,26)23-8-6-22(7-9-23)19(24)17-12-27-13-21-17/h10-13H,6-9H2,1-5H3. The first-order chi connectivity index (χ1) is 13.0. The van der Waals surface area contributed by atoms with E-state index in [1.165, 1.54) is 15.6 Å². The van der Waals surface area contributed by atoms with Crippen molar-refractivity contribution in [3.8, 4) is 0 Å². The van der Waals surface area contributed by atoms with E-state index in [0.29, 0.717) is 23.7 Å². The van der Waals surface area contributed by atoms with E-state index < -0.39 is 10.0 Å². The SMILES string of the molecule is Cc1cc(C(C)(C)C)cc(C)c1S(=O)(=O)N1CCN(C(=O)c2cscn2)CC1. The lowest BCUT2D eigenvalue weighted by atomic mass is 9.85. The van der Waals surface area contributed by atoms with Gasteiger partial charge in [-0.1, -0.05) is 32.9 Å². The normalized spacial score (nSPS) is 16.4. The molecular formula is C20H27N3O3S2. The van der Waals surface area contributed by atoms with Gasteiger partial charge in [-0.15, -0.1) is 11.3 Å². The Balaban J connectivity index is 1.80. The van der Waals surface area contributed by atoms with Gasteiger partial charge in [0, 0.05) is 31.6 Å². The number of hydrogen-bond donors (Lipinski definition) is 0. The van der Waals surface area contributed by atoms with E-state index in [1.54, 1.807) is 15.8 Å². The van der Waals surface area contributed by atoms with Crippen molar-refractivity contribution in [1.29, 1.82) is 0 Å². The number of rotatable bonds is 3. The molecule has 2 aromatic rings. The molecule has 8 heteroatoms. The van der Waals surface area contributed by atoms with Crippen LogP contribution in [0.15, 0.2) is 27.9 Å². The van der Waals surface area contributed by atoms with Gasteiger partial charge in [0.15, 0.2) is 0 Å². The Morgan fingerprint density at radius 2 is 1.64 bits per heavy atom. The molecule has 1 aromatic carbocycles. The highest BCUT2D eigenvalue weighted by Crippen LogP contribution is 2.31. The molecule has 0 atom stereocenters. The Morgan fingerprint density at radius 3 is 2.11 bits per heavy atom. The fourth-order valence-corrected chi connectivity index (χ4v) is 5.89. The molecule has 0 spiro atoms. The number of carbonyl (C=O) groups excluding carboxylic acids is 1. The van der Waals surface area contributed by atoms with Crippen LogP contribution in [-0.2, 0) is 15.4 Å². The topological polar surface area (TPSA) is 70.6 Å². The second-order valence-electron chi connectivity index (χ2n) is 8.26. The summed E-state index contributed by atoms with van der Waals surface area (Å²) in [7, 11) is -3.61. The monoisotopic (exact) mass is 421 g/mol. The van der Waals surface area contributed by atoms with Gasteiger partial charge in [0.2, 0.25) is 10.0 Å². The van der Waals surface area contributed by atoms with E-state index >= 15 is 0 Å². The van der Waals surface area contributed by atoms with E-state index in [9.17, 15) is 13.2 Å². The Morgan fingerprint density at radius 1 is 1.07 bits per heavy atom. The molecule has 3 rings (SSSR count). The lowest BCUT2D eigenvalue weighted by Gasteiger charge is -2.34. The molecule has 0 saturated carbocycles. The van der Waals surface area contributed by atoms with E-state index in [1.807, 2.05) is 26.0 Å². The zero-order valence-corrected chi connectivity index (χ0v) is 18.7. The third-order valence-electron chi connectivity index (χ3n) is 5.10. The molecule has 1 fully saturated rings. The molecule has 28 heavy (non-hydrogen) atoms. The van der Waals surface area contributed by atoms with Gasteiger partial charge < -0.3 is 4.90 Å². The predicted molar refractivity (Wildman–Crippen MR) is 111 cm³/mol. The molecule has 1 saturated heterocycles. The van der Waals surface area contributed by atoms with Gasteiger partial charge in [0.25, 0.3) is 5.91 Å². The minimum Gasteiger partial charge on any atom is -0.335 e. The van der Waals surface area contributed by atoms with Crippen LogP contribution in [0, 0.1) is 13.8 Å². The minimum absolute atomic E-state index is 0.0422. The Bertz CT molecular complexity index is 946. The van der Waals surface area contributed by atoms with Crippen molar-refractivity contribution in [3.05, 3.63) is 45.4 Å². The maximum absolute atomic E-state index is 13.3. The fourth-order valence-electron chi connectivity index (χ4n) is 3.53. The Labute approximate surface area is 171 Å². The van der Waals surface area contributed by atoms with E-state index in [2.05, 4.69) is 25.8 Å². The zero-order chi connectivity index (χ0) is 20.7. The van der Waals surface area contributed by atoms with Crippen LogP contribution in [0.2, 0.25) is 0 Å². The second-order valence-corrected chi connectivity index (χ2v) is 10.9. The summed E-state index contributed by atoms with van der Waals surface area (Å²) in [6.07, 6.45) is 0. The third-order valence-corrected chi connectivity index (χ3v) is 7.89. The molecule has 0 unspecified atom stereocenters. The highest BCUT2D eigenvalue weighted by molar-refractivity contribution is 7.89. The first-order valence-electron chi connectivity index (χ1n) is 9.31. The third kappa shape index (κ3) is 3.99. The number of aryl methyl sites for hydroxylation is 2. The molecule has 1 aliphatic rings. The molecule has 2 heterocycles. The highest BCUT2D eigenvalue weighted by atomic mass is 32.2. The van der Waals surface area contributed by atoms with Gasteiger partial charge in [-0.3, -0.25) is 4.79 Å². The van der Waals surface area contributed by atoms with E-state index in [4.69, 9.17) is 0 Å². The zero-order valence-electron chi connectivity index (χ0n) is 17.0. The minimum atomic E-state index is -3.61. The van der Waals surface area contributed by atoms with Gasteiger partial charge in [-0.25, -0.2) is 13.4 Å². The van der Waals surface area contributed by atoms with Gasteiger partial charge in [0.1, 0.15) is 5.69 Å². The summed E-state index contributed by atoms with van der Waals surface area (Å²) in [5.41, 5.74) is 4.67. The van der Waals surface area contributed by atoms with Crippen molar-refractivity contribution in [2.75, 3.05) is 26.2 Å². The second kappa shape index (κ2) is 7.57. The van der Waals surface area contributed by atoms with E-state index in [0.717, 1.165) is 16.7 Å². The molecular weight excluding hydrogens is 394 g/mol. The number of nitrogens with zero attached hydrogens (tertiary/aromatic N) is 3. The Kier molecular flexibility index (Phi) is 5.67. The van der Waals surface area contributed by atoms with Crippen LogP contribution >= 0.6 is 11.3 Å². The van der Waals surface area contributed by atoms with Crippen molar-refractivity contribution in [3.63, 3.8) is 0 Å². The summed E-state index contributed by atoms with van der Waals surface area (Å²) in [5, 5.41) is 1.72. The molecule has 6 nitrogen and oxygen atoms in total. The fraction of sp³-hybridized carbons (Fsp3) is 0.500. The van der Waals surface area contributed by atoms with E-state index in [-0.39, 0.29) is 24.4 Å². The number of piperazine rings is 1. The number of sulfonamides is 1. The summed E-state index contributed by atoms with van der Waals surface area (Å²) >= 11 is 1.38. The lowest BCUT2D eigenvalue weighted by Crippen LogP contribution is -2.50. The molecule has 1 aromatic heterocycles. The maximum atomic E-state index is 13.3. The average molecular weight is 422 g/mol. The van der Waals surface area contributed by atoms with Gasteiger partial charge in [-0.2, -0.15) is 4.31 Å². The van der Waals surface area contributed by atoms with Crippen LogP contribution in [-0.4, -0.2) is 54.7 Å². The molecule has 1 aliphatic heterocycles. The van der Waals surface area contributed by atoms with Crippen molar-refractivity contribution in [2.24, 2.45) is 0 Å². The molecule has 1 amide bonds. The maximum Gasteiger partial charge on any atom is 0.273 e. The summed E-state index contributed by atoms with van der Waals surface area (Å²) in [6, 6.07) is 3.95. The lowest BCUT2D eigenvalue weighted by molar-refractivity contribution is 0.0692. The number of benzene rings is 1. The van der Waals surface area contributed by atoms with Crippen LogP contribution in [0.3, 0.4) is 0 Å². The molecule has 152 valence electrons. The smallest absolute Gasteiger partial charge is 0.273 e. The molecule has 0 aliphatic carbocycles. The van der Waals surface area contributed by atoms with Gasteiger partial charge in [-0.05, 0) is 36.0 Å². The van der Waals surface area contributed by atoms with Gasteiger partial charge in [0.05, 0.1) is 10.4 Å². The number of aromatic nitrogens is 1. The largest absolute Gasteiger partial charge is 0.335 e. The first kappa shape index (κ1) is 21.0. The summed E-state index contributed by atoms with van der Waals surface area (Å²) in [4.78, 5) is 18.5.